The van der Waals surface area contributed by atoms with E-state index in [4.69, 9.17) is 9.15 Å². The number of hydrogen-bond acceptors (Lipinski definition) is 6. The van der Waals surface area contributed by atoms with Crippen LogP contribution in [0, 0.1) is 6.92 Å². The lowest BCUT2D eigenvalue weighted by Crippen LogP contribution is -2.31. The molecular formula is C17H17N3O3S. The molecule has 0 saturated heterocycles. The second-order valence-electron chi connectivity index (χ2n) is 5.20. The lowest BCUT2D eigenvalue weighted by molar-refractivity contribution is 0.0706. The van der Waals surface area contributed by atoms with Crippen molar-refractivity contribution in [3.63, 3.8) is 0 Å². The molecule has 0 fully saturated rings. The lowest BCUT2D eigenvalue weighted by Gasteiger charge is -2.20. The standard InChI is InChI=1S/C17H17N3O3S/c1-12-5-6-15(24-12)11-20(10-13-4-3-7-23-13)17(21)16-18-8-14(22-2)9-19-16/h3-9H,10-11H2,1-2H3. The van der Waals surface area contributed by atoms with E-state index < -0.39 is 0 Å². The highest BCUT2D eigenvalue weighted by atomic mass is 32.1. The summed E-state index contributed by atoms with van der Waals surface area (Å²) in [6.45, 7) is 2.88. The molecule has 6 nitrogen and oxygen atoms in total. The van der Waals surface area contributed by atoms with Crippen LogP contribution in [0.5, 0.6) is 5.75 Å². The molecule has 0 N–H and O–H groups in total. The first-order valence-corrected chi connectivity index (χ1v) is 8.20. The highest BCUT2D eigenvalue weighted by Gasteiger charge is 2.21. The van der Waals surface area contributed by atoms with Gasteiger partial charge in [0.05, 0.1) is 38.9 Å². The van der Waals surface area contributed by atoms with Crippen molar-refractivity contribution in [2.45, 2.75) is 20.0 Å². The Hall–Kier alpha value is -2.67. The molecule has 0 aliphatic heterocycles. The summed E-state index contributed by atoms with van der Waals surface area (Å²) in [5.74, 6) is 1.11. The van der Waals surface area contributed by atoms with Crippen molar-refractivity contribution in [1.29, 1.82) is 0 Å². The van der Waals surface area contributed by atoms with E-state index in [1.165, 1.54) is 24.4 Å². The summed E-state index contributed by atoms with van der Waals surface area (Å²) in [6.07, 6.45) is 4.57. The predicted octanol–water partition coefficient (Wildman–Crippen LogP) is 3.29. The normalized spacial score (nSPS) is 10.6. The number of carbonyl (C=O) groups excluding carboxylic acids is 1. The first-order valence-electron chi connectivity index (χ1n) is 7.38. The van der Waals surface area contributed by atoms with Gasteiger partial charge in [0.1, 0.15) is 5.76 Å². The number of amides is 1. The Balaban J connectivity index is 1.82. The molecule has 0 spiro atoms. The van der Waals surface area contributed by atoms with Gasteiger partial charge in [0.15, 0.2) is 5.75 Å². The van der Waals surface area contributed by atoms with E-state index in [9.17, 15) is 4.79 Å². The third kappa shape index (κ3) is 3.80. The number of aryl methyl sites for hydroxylation is 1. The zero-order chi connectivity index (χ0) is 16.9. The van der Waals surface area contributed by atoms with E-state index in [0.29, 0.717) is 24.6 Å². The molecule has 3 rings (SSSR count). The monoisotopic (exact) mass is 343 g/mol. The molecule has 0 bridgehead atoms. The van der Waals surface area contributed by atoms with Gasteiger partial charge < -0.3 is 14.1 Å². The van der Waals surface area contributed by atoms with Crippen molar-refractivity contribution >= 4 is 17.2 Å². The van der Waals surface area contributed by atoms with Crippen molar-refractivity contribution in [2.24, 2.45) is 0 Å². The second-order valence-corrected chi connectivity index (χ2v) is 6.57. The van der Waals surface area contributed by atoms with Crippen LogP contribution in [0.25, 0.3) is 0 Å². The number of carbonyl (C=O) groups is 1. The fourth-order valence-electron chi connectivity index (χ4n) is 2.22. The fourth-order valence-corrected chi connectivity index (χ4v) is 3.13. The fraction of sp³-hybridized carbons (Fsp3) is 0.235. The Kier molecular flexibility index (Phi) is 4.90. The molecule has 3 heterocycles. The molecule has 0 aliphatic carbocycles. The van der Waals surface area contributed by atoms with Crippen LogP contribution in [0.3, 0.4) is 0 Å². The van der Waals surface area contributed by atoms with Crippen molar-refractivity contribution in [3.05, 3.63) is 64.3 Å². The number of furan rings is 1. The van der Waals surface area contributed by atoms with Crippen LogP contribution < -0.4 is 4.74 Å². The van der Waals surface area contributed by atoms with E-state index in [0.717, 1.165) is 4.88 Å². The van der Waals surface area contributed by atoms with Gasteiger partial charge in [-0.25, -0.2) is 9.97 Å². The van der Waals surface area contributed by atoms with Gasteiger partial charge in [-0.2, -0.15) is 0 Å². The smallest absolute Gasteiger partial charge is 0.292 e. The van der Waals surface area contributed by atoms with Gasteiger partial charge >= 0.3 is 0 Å². The lowest BCUT2D eigenvalue weighted by atomic mass is 10.3. The maximum Gasteiger partial charge on any atom is 0.292 e. The maximum absolute atomic E-state index is 12.8. The zero-order valence-electron chi connectivity index (χ0n) is 13.4. The van der Waals surface area contributed by atoms with E-state index in [2.05, 4.69) is 9.97 Å². The summed E-state index contributed by atoms with van der Waals surface area (Å²) < 4.78 is 10.4. The molecule has 0 saturated carbocycles. The average molecular weight is 343 g/mol. The minimum absolute atomic E-state index is 0.135. The van der Waals surface area contributed by atoms with Crippen LogP contribution >= 0.6 is 11.3 Å². The predicted molar refractivity (Wildman–Crippen MR) is 89.9 cm³/mol. The van der Waals surface area contributed by atoms with E-state index >= 15 is 0 Å². The Morgan fingerprint density at radius 3 is 2.62 bits per heavy atom. The molecule has 0 atom stereocenters. The van der Waals surface area contributed by atoms with Crippen LogP contribution in [0.1, 0.15) is 26.1 Å². The van der Waals surface area contributed by atoms with Crippen molar-refractivity contribution in [2.75, 3.05) is 7.11 Å². The number of methoxy groups -OCH3 is 1. The highest BCUT2D eigenvalue weighted by molar-refractivity contribution is 7.11. The number of rotatable bonds is 6. The summed E-state index contributed by atoms with van der Waals surface area (Å²) in [7, 11) is 1.53. The SMILES string of the molecule is COc1cnc(C(=O)N(Cc2ccco2)Cc2ccc(C)s2)nc1. The van der Waals surface area contributed by atoms with Crippen LogP contribution in [-0.4, -0.2) is 27.9 Å². The summed E-state index contributed by atoms with van der Waals surface area (Å²) in [5.41, 5.74) is 0. The summed E-state index contributed by atoms with van der Waals surface area (Å²) in [4.78, 5) is 25.0. The van der Waals surface area contributed by atoms with Gasteiger partial charge in [-0.05, 0) is 31.2 Å². The van der Waals surface area contributed by atoms with Crippen LogP contribution in [0.15, 0.2) is 47.3 Å². The molecule has 0 aliphatic rings. The molecule has 0 aromatic carbocycles. The molecule has 3 aromatic heterocycles. The largest absolute Gasteiger partial charge is 0.494 e. The van der Waals surface area contributed by atoms with Gasteiger partial charge in [-0.1, -0.05) is 0 Å². The first-order chi connectivity index (χ1) is 11.7. The number of aromatic nitrogens is 2. The van der Waals surface area contributed by atoms with Crippen LogP contribution in [-0.2, 0) is 13.1 Å². The zero-order valence-corrected chi connectivity index (χ0v) is 14.2. The second kappa shape index (κ2) is 7.27. The topological polar surface area (TPSA) is 68.5 Å². The Labute approximate surface area is 143 Å². The third-order valence-electron chi connectivity index (χ3n) is 3.41. The molecule has 124 valence electrons. The minimum Gasteiger partial charge on any atom is -0.494 e. The van der Waals surface area contributed by atoms with E-state index in [1.54, 1.807) is 28.6 Å². The van der Waals surface area contributed by atoms with Crippen molar-refractivity contribution < 1.29 is 13.9 Å². The molecule has 0 unspecified atom stereocenters. The Morgan fingerprint density at radius 2 is 2.04 bits per heavy atom. The quantitative estimate of drug-likeness (QED) is 0.687. The molecule has 3 aromatic rings. The number of thiophene rings is 1. The summed E-state index contributed by atoms with van der Waals surface area (Å²) in [6, 6.07) is 7.71. The maximum atomic E-state index is 12.8. The summed E-state index contributed by atoms with van der Waals surface area (Å²) in [5, 5.41) is 0. The number of nitrogens with zero attached hydrogens (tertiary/aromatic N) is 3. The van der Waals surface area contributed by atoms with Gasteiger partial charge in [-0.3, -0.25) is 4.79 Å². The van der Waals surface area contributed by atoms with Crippen molar-refractivity contribution in [3.8, 4) is 5.75 Å². The molecule has 7 heteroatoms. The third-order valence-corrected chi connectivity index (χ3v) is 4.40. The first kappa shape index (κ1) is 16.2. The Bertz CT molecular complexity index is 797. The van der Waals surface area contributed by atoms with Crippen LogP contribution in [0.4, 0.5) is 0 Å². The minimum atomic E-state index is -0.250. The molecule has 24 heavy (non-hydrogen) atoms. The Morgan fingerprint density at radius 1 is 1.25 bits per heavy atom. The van der Waals surface area contributed by atoms with Crippen molar-refractivity contribution in [1.82, 2.24) is 14.9 Å². The van der Waals surface area contributed by atoms with Gasteiger partial charge in [0.2, 0.25) is 5.82 Å². The highest BCUT2D eigenvalue weighted by Crippen LogP contribution is 2.20. The number of ether oxygens (including phenoxy) is 1. The van der Waals surface area contributed by atoms with E-state index in [-0.39, 0.29) is 11.7 Å². The number of hydrogen-bond donors (Lipinski definition) is 0. The van der Waals surface area contributed by atoms with Gasteiger partial charge in [-0.15, -0.1) is 11.3 Å². The van der Waals surface area contributed by atoms with Crippen LogP contribution in [0.2, 0.25) is 0 Å². The van der Waals surface area contributed by atoms with Gasteiger partial charge in [0.25, 0.3) is 5.91 Å². The molecular weight excluding hydrogens is 326 g/mol. The summed E-state index contributed by atoms with van der Waals surface area (Å²) >= 11 is 1.66. The average Bonchev–Trinajstić information content (AvgIpc) is 3.25. The molecule has 0 radical (unpaired) electrons. The van der Waals surface area contributed by atoms with E-state index in [1.807, 2.05) is 25.1 Å². The molecule has 1 amide bonds. The van der Waals surface area contributed by atoms with Gasteiger partial charge in [0, 0.05) is 9.75 Å².